The number of nitrogens with zero attached hydrogens (tertiary/aromatic N) is 3. The molecule has 3 nitrogen and oxygen atoms in total. The fraction of sp³-hybridized carbons (Fsp3) is 0.0690. The summed E-state index contributed by atoms with van der Waals surface area (Å²) < 4.78 is 41.3. The molecule has 3 aromatic heterocycles. The van der Waals surface area contributed by atoms with Gasteiger partial charge < -0.3 is 17.3 Å². The summed E-state index contributed by atoms with van der Waals surface area (Å²) in [6.45, 7) is 4.23. The zero-order valence-corrected chi connectivity index (χ0v) is 20.3. The summed E-state index contributed by atoms with van der Waals surface area (Å²) in [6.07, 6.45) is 7.38. The summed E-state index contributed by atoms with van der Waals surface area (Å²) in [6, 6.07) is 30.2. The van der Waals surface area contributed by atoms with Crippen molar-refractivity contribution in [3.05, 3.63) is 121 Å². The Bertz CT molecular complexity index is 1380. The van der Waals surface area contributed by atoms with Gasteiger partial charge in [-0.2, -0.15) is 4.57 Å². The number of rotatable bonds is 4. The van der Waals surface area contributed by atoms with Crippen molar-refractivity contribution in [2.75, 3.05) is 0 Å². The summed E-state index contributed by atoms with van der Waals surface area (Å²) in [5.74, 6) is 0. The Balaban J connectivity index is 0.000000586. The molecule has 3 heterocycles. The van der Waals surface area contributed by atoms with E-state index in [-0.39, 0.29) is 0 Å². The molecular weight excluding hydrogens is 477 g/mol. The van der Waals surface area contributed by atoms with Crippen LogP contribution in [0.5, 0.6) is 0 Å². The molecule has 0 unspecified atom stereocenters. The Labute approximate surface area is 213 Å². The van der Waals surface area contributed by atoms with Gasteiger partial charge in [0, 0.05) is 60.2 Å². The van der Waals surface area contributed by atoms with E-state index >= 15 is 0 Å². The molecule has 186 valence electrons. The quantitative estimate of drug-likeness (QED) is 0.144. The summed E-state index contributed by atoms with van der Waals surface area (Å²) in [5, 5.41) is 0. The molecule has 5 aromatic rings. The van der Waals surface area contributed by atoms with E-state index in [2.05, 4.69) is 113 Å². The largest absolute Gasteiger partial charge is 0.673 e. The lowest BCUT2D eigenvalue weighted by atomic mass is 9.98. The van der Waals surface area contributed by atoms with Gasteiger partial charge in [-0.15, -0.1) is 0 Å². The number of aryl methyl sites for hydroxylation is 2. The number of halogens is 4. The van der Waals surface area contributed by atoms with Gasteiger partial charge in [0.2, 0.25) is 17.1 Å². The Morgan fingerprint density at radius 3 is 1.30 bits per heavy atom. The van der Waals surface area contributed by atoms with Crippen LogP contribution >= 0.6 is 0 Å². The highest BCUT2D eigenvalue weighted by molar-refractivity contribution is 6.50. The molecule has 0 aliphatic rings. The van der Waals surface area contributed by atoms with Crippen molar-refractivity contribution in [1.29, 1.82) is 0 Å². The molecule has 0 spiro atoms. The number of hydrogen-bond donors (Lipinski definition) is 0. The summed E-state index contributed by atoms with van der Waals surface area (Å²) in [4.78, 5) is 8.45. The fourth-order valence-electron chi connectivity index (χ4n) is 3.95. The van der Waals surface area contributed by atoms with Gasteiger partial charge in [0.25, 0.3) is 0 Å². The van der Waals surface area contributed by atoms with Gasteiger partial charge >= 0.3 is 7.25 Å². The first-order chi connectivity index (χ1) is 17.7. The van der Waals surface area contributed by atoms with E-state index < -0.39 is 7.25 Å². The third-order valence-electron chi connectivity index (χ3n) is 5.70. The van der Waals surface area contributed by atoms with Crippen LogP contribution in [-0.4, -0.2) is 17.2 Å². The van der Waals surface area contributed by atoms with Crippen LogP contribution in [0.15, 0.2) is 110 Å². The standard InChI is InChI=1S/C29H24N3.BF4/c1-21-3-7-24(8-4-21)28-19-26(23-11-15-30-16-12-23)20-29(25-9-5-22(2)6-10-25)32(28)27-13-17-31-18-14-27;2-1(3,4)5/h3-20H,1-2H3;/q+1;-1. The average molecular weight is 501 g/mol. The van der Waals surface area contributed by atoms with Gasteiger partial charge in [-0.3, -0.25) is 9.97 Å². The van der Waals surface area contributed by atoms with Crippen molar-refractivity contribution in [3.8, 4) is 39.3 Å². The van der Waals surface area contributed by atoms with Crippen LogP contribution < -0.4 is 4.57 Å². The first-order valence-electron chi connectivity index (χ1n) is 11.6. The molecule has 0 bridgehead atoms. The van der Waals surface area contributed by atoms with Crippen LogP contribution in [0, 0.1) is 13.8 Å². The second-order valence-corrected chi connectivity index (χ2v) is 8.52. The molecule has 0 N–H and O–H groups in total. The molecular formula is C29H24BF4N3. The van der Waals surface area contributed by atoms with E-state index in [1.807, 2.05) is 24.8 Å². The SMILES string of the molecule is Cc1ccc(-c2cc(-c3ccncc3)cc(-c3ccc(C)cc3)[n+]2-c2ccncc2)cc1.F[B-](F)(F)F. The van der Waals surface area contributed by atoms with E-state index in [9.17, 15) is 17.3 Å². The average Bonchev–Trinajstić information content (AvgIpc) is 2.89. The monoisotopic (exact) mass is 501 g/mol. The van der Waals surface area contributed by atoms with E-state index in [0.717, 1.165) is 39.3 Å². The van der Waals surface area contributed by atoms with Crippen LogP contribution in [0.1, 0.15) is 11.1 Å². The smallest absolute Gasteiger partial charge is 0.418 e. The van der Waals surface area contributed by atoms with Crippen LogP contribution in [0.3, 0.4) is 0 Å². The van der Waals surface area contributed by atoms with Crippen molar-refractivity contribution >= 4 is 7.25 Å². The number of aromatic nitrogens is 3. The Morgan fingerprint density at radius 2 is 0.892 bits per heavy atom. The van der Waals surface area contributed by atoms with Gasteiger partial charge in [-0.1, -0.05) is 35.4 Å². The predicted molar refractivity (Wildman–Crippen MR) is 140 cm³/mol. The zero-order chi connectivity index (χ0) is 26.4. The Hall–Kier alpha value is -4.33. The van der Waals surface area contributed by atoms with Gasteiger partial charge in [0.1, 0.15) is 0 Å². The van der Waals surface area contributed by atoms with Gasteiger partial charge in [-0.25, -0.2) is 0 Å². The molecule has 0 aliphatic heterocycles. The van der Waals surface area contributed by atoms with E-state index in [1.165, 1.54) is 11.1 Å². The lowest BCUT2D eigenvalue weighted by molar-refractivity contribution is -0.572. The summed E-state index contributed by atoms with van der Waals surface area (Å²) in [7, 11) is -6.00. The summed E-state index contributed by atoms with van der Waals surface area (Å²) >= 11 is 0. The van der Waals surface area contributed by atoms with E-state index in [1.54, 1.807) is 0 Å². The van der Waals surface area contributed by atoms with Gasteiger partial charge in [0.05, 0.1) is 0 Å². The van der Waals surface area contributed by atoms with E-state index in [4.69, 9.17) is 0 Å². The molecule has 37 heavy (non-hydrogen) atoms. The van der Waals surface area contributed by atoms with Crippen LogP contribution in [0.2, 0.25) is 0 Å². The lowest BCUT2D eigenvalue weighted by Gasteiger charge is -2.12. The molecule has 0 fully saturated rings. The third-order valence-corrected chi connectivity index (χ3v) is 5.70. The maximum absolute atomic E-state index is 9.75. The first-order valence-corrected chi connectivity index (χ1v) is 11.6. The van der Waals surface area contributed by atoms with E-state index in [0.29, 0.717) is 0 Å². The maximum atomic E-state index is 9.75. The summed E-state index contributed by atoms with van der Waals surface area (Å²) in [5.41, 5.74) is 10.4. The first kappa shape index (κ1) is 25.8. The zero-order valence-electron chi connectivity index (χ0n) is 20.3. The highest BCUT2D eigenvalue weighted by Crippen LogP contribution is 2.30. The lowest BCUT2D eigenvalue weighted by Crippen LogP contribution is -2.36. The highest BCUT2D eigenvalue weighted by atomic mass is 19.5. The van der Waals surface area contributed by atoms with Crippen molar-refractivity contribution in [3.63, 3.8) is 0 Å². The number of benzene rings is 2. The van der Waals surface area contributed by atoms with Crippen LogP contribution in [0.25, 0.3) is 39.3 Å². The van der Waals surface area contributed by atoms with Crippen molar-refractivity contribution in [2.45, 2.75) is 13.8 Å². The minimum Gasteiger partial charge on any atom is -0.418 e. The molecule has 0 atom stereocenters. The Morgan fingerprint density at radius 1 is 0.514 bits per heavy atom. The molecule has 0 radical (unpaired) electrons. The molecule has 0 saturated carbocycles. The topological polar surface area (TPSA) is 29.7 Å². The molecule has 0 amide bonds. The third kappa shape index (κ3) is 6.88. The minimum absolute atomic E-state index is 1.08. The van der Waals surface area contributed by atoms with Gasteiger partial charge in [-0.05, 0) is 61.4 Å². The van der Waals surface area contributed by atoms with Crippen LogP contribution in [0.4, 0.5) is 17.3 Å². The normalized spacial score (nSPS) is 11.0. The fourth-order valence-corrected chi connectivity index (χ4v) is 3.95. The molecule has 0 aliphatic carbocycles. The van der Waals surface area contributed by atoms with Gasteiger partial charge in [0.15, 0.2) is 0 Å². The highest BCUT2D eigenvalue weighted by Gasteiger charge is 2.25. The molecule has 0 saturated heterocycles. The number of hydrogen-bond acceptors (Lipinski definition) is 2. The van der Waals surface area contributed by atoms with Crippen molar-refractivity contribution in [1.82, 2.24) is 9.97 Å². The Kier molecular flexibility index (Phi) is 7.77. The minimum atomic E-state index is -6.00. The second kappa shape index (κ2) is 11.2. The molecule has 5 rings (SSSR count). The number of pyridine rings is 3. The van der Waals surface area contributed by atoms with Crippen molar-refractivity contribution in [2.24, 2.45) is 0 Å². The van der Waals surface area contributed by atoms with Crippen molar-refractivity contribution < 1.29 is 21.8 Å². The molecule has 2 aromatic carbocycles. The maximum Gasteiger partial charge on any atom is 0.673 e. The predicted octanol–water partition coefficient (Wildman–Crippen LogP) is 7.67. The second-order valence-electron chi connectivity index (χ2n) is 8.52. The van der Waals surface area contributed by atoms with Crippen LogP contribution in [-0.2, 0) is 0 Å². The molecule has 8 heteroatoms.